The van der Waals surface area contributed by atoms with Crippen molar-refractivity contribution in [3.8, 4) is 5.75 Å². The van der Waals surface area contributed by atoms with Crippen LogP contribution in [0.25, 0.3) is 0 Å². The Morgan fingerprint density at radius 2 is 1.86 bits per heavy atom. The van der Waals surface area contributed by atoms with Gasteiger partial charge in [0.05, 0.1) is 29.6 Å². The smallest absolute Gasteiger partial charge is 0.495 e. The number of benzene rings is 2. The van der Waals surface area contributed by atoms with Gasteiger partial charge in [0.2, 0.25) is 12.1 Å². The van der Waals surface area contributed by atoms with E-state index >= 15 is 0 Å². The van der Waals surface area contributed by atoms with E-state index in [1.54, 1.807) is 25.2 Å². The van der Waals surface area contributed by atoms with Gasteiger partial charge in [0, 0.05) is 25.4 Å². The van der Waals surface area contributed by atoms with E-state index in [4.69, 9.17) is 4.74 Å². The number of fused-ring (bicyclic) bond motifs is 1. The number of carbonyl (C=O) groups excluding carboxylic acids is 1. The summed E-state index contributed by atoms with van der Waals surface area (Å²) in [6.45, 7) is 2.14. The lowest BCUT2D eigenvalue weighted by molar-refractivity contribution is -0.137. The van der Waals surface area contributed by atoms with Crippen LogP contribution < -0.4 is 15.4 Å². The van der Waals surface area contributed by atoms with Gasteiger partial charge in [-0.1, -0.05) is 12.1 Å². The molecule has 1 aliphatic carbocycles. The number of ether oxygens (including phenoxy) is 1. The number of aliphatic hydroxyl groups is 1. The van der Waals surface area contributed by atoms with Gasteiger partial charge in [-0.3, -0.25) is 4.79 Å². The Hall–Kier alpha value is -3.80. The Balaban J connectivity index is 1.50. The number of aromatic nitrogens is 2. The Morgan fingerprint density at radius 3 is 2.51 bits per heavy atom. The first-order valence-corrected chi connectivity index (χ1v) is 15.1. The van der Waals surface area contributed by atoms with Gasteiger partial charge in [-0.2, -0.15) is 23.0 Å². The summed E-state index contributed by atoms with van der Waals surface area (Å²) in [5.74, 6) is -0.608. The summed E-state index contributed by atoms with van der Waals surface area (Å²) in [4.78, 5) is 31.9. The summed E-state index contributed by atoms with van der Waals surface area (Å²) >= 11 is 0. The molecular formula is C29H32F3N5O5P+. The standard InChI is InChI=1S/C29H31F3N5O5P/c1-28(39)10-8-17(9-11-28)18-5-7-22(24-19(18)14-37(2)26(24)38)34-25-20(29(30,31)32)13-33-27(36-25)35-21-6-4-16(15-43(40)41)12-23(21)42-3/h4-7,12-13,17,39H,8-11,14-15H2,1-3H3,(H2-,33,34,35,36,38,40,41)/p+1. The fourth-order valence-electron chi connectivity index (χ4n) is 5.70. The van der Waals surface area contributed by atoms with E-state index in [-0.39, 0.29) is 35.4 Å². The molecule has 2 aliphatic rings. The highest BCUT2D eigenvalue weighted by Gasteiger charge is 2.38. The van der Waals surface area contributed by atoms with Gasteiger partial charge >= 0.3 is 14.2 Å². The molecule has 1 amide bonds. The second-order valence-electron chi connectivity index (χ2n) is 11.2. The summed E-state index contributed by atoms with van der Waals surface area (Å²) < 4.78 is 58.7. The van der Waals surface area contributed by atoms with E-state index in [0.717, 1.165) is 24.0 Å². The van der Waals surface area contributed by atoms with E-state index < -0.39 is 31.2 Å². The Labute approximate surface area is 247 Å². The number of nitrogens with one attached hydrogen (secondary N) is 2. The fraction of sp³-hybridized carbons (Fsp3) is 0.414. The van der Waals surface area contributed by atoms with Crippen molar-refractivity contribution in [1.82, 2.24) is 14.9 Å². The first-order valence-electron chi connectivity index (χ1n) is 13.7. The second-order valence-corrected chi connectivity index (χ2v) is 12.3. The number of halogens is 3. The summed E-state index contributed by atoms with van der Waals surface area (Å²) in [7, 11) is 0.616. The SMILES string of the molecule is COc1cc(C[P+](=O)O)ccc1Nc1ncc(C(F)(F)F)c(Nc2ccc(C3CCC(C)(O)CC3)c3c2C(=O)N(C)C3)n1. The summed E-state index contributed by atoms with van der Waals surface area (Å²) in [6.07, 6.45) is -1.49. The van der Waals surface area contributed by atoms with Crippen molar-refractivity contribution in [1.29, 1.82) is 0 Å². The molecule has 0 spiro atoms. The third kappa shape index (κ3) is 6.58. The number of alkyl halides is 3. The molecule has 0 saturated heterocycles. The number of carbonyl (C=O) groups is 1. The van der Waals surface area contributed by atoms with Crippen LogP contribution in [0.5, 0.6) is 5.75 Å². The van der Waals surface area contributed by atoms with Crippen LogP contribution in [0.15, 0.2) is 36.5 Å². The minimum atomic E-state index is -4.79. The zero-order valence-electron chi connectivity index (χ0n) is 23.8. The molecule has 43 heavy (non-hydrogen) atoms. The summed E-state index contributed by atoms with van der Waals surface area (Å²) in [5.41, 5.74) is 1.26. The van der Waals surface area contributed by atoms with Crippen molar-refractivity contribution in [2.75, 3.05) is 24.8 Å². The van der Waals surface area contributed by atoms with Crippen LogP contribution in [0.2, 0.25) is 0 Å². The molecule has 1 fully saturated rings. The van der Waals surface area contributed by atoms with E-state index in [9.17, 15) is 32.5 Å². The third-order valence-corrected chi connectivity index (χ3v) is 8.62. The number of anilines is 4. The van der Waals surface area contributed by atoms with Gasteiger partial charge in [0.15, 0.2) is 0 Å². The van der Waals surface area contributed by atoms with E-state index in [2.05, 4.69) is 20.6 Å². The highest BCUT2D eigenvalue weighted by Crippen LogP contribution is 2.44. The third-order valence-electron chi connectivity index (χ3n) is 7.99. The number of amides is 1. The van der Waals surface area contributed by atoms with Crippen LogP contribution in [0, 0.1) is 0 Å². The molecule has 0 bridgehead atoms. The number of hydrogen-bond acceptors (Lipinski definition) is 8. The number of rotatable bonds is 8. The minimum Gasteiger partial charge on any atom is -0.495 e. The molecule has 4 N–H and O–H groups in total. The largest absolute Gasteiger partial charge is 0.510 e. The van der Waals surface area contributed by atoms with Crippen molar-refractivity contribution >= 4 is 37.1 Å². The predicted octanol–water partition coefficient (Wildman–Crippen LogP) is 6.22. The molecule has 14 heteroatoms. The fourth-order valence-corrected chi connectivity index (χ4v) is 6.21. The monoisotopic (exact) mass is 618 g/mol. The normalized spacial score (nSPS) is 20.6. The van der Waals surface area contributed by atoms with E-state index in [1.807, 2.05) is 13.0 Å². The van der Waals surface area contributed by atoms with Gasteiger partial charge in [-0.25, -0.2) is 4.98 Å². The molecule has 1 saturated carbocycles. The highest BCUT2D eigenvalue weighted by molar-refractivity contribution is 7.37. The molecule has 1 aromatic heterocycles. The highest BCUT2D eigenvalue weighted by atomic mass is 31.1. The van der Waals surface area contributed by atoms with Crippen LogP contribution in [0.3, 0.4) is 0 Å². The Kier molecular flexibility index (Phi) is 8.34. The van der Waals surface area contributed by atoms with Gasteiger partial charge < -0.3 is 25.4 Å². The van der Waals surface area contributed by atoms with Crippen LogP contribution >= 0.6 is 8.03 Å². The molecular weight excluding hydrogens is 586 g/mol. The minimum absolute atomic E-state index is 0.0879. The Bertz CT molecular complexity index is 1570. The Morgan fingerprint density at radius 1 is 1.16 bits per heavy atom. The molecule has 10 nitrogen and oxygen atoms in total. The zero-order chi connectivity index (χ0) is 31.1. The molecule has 3 aromatic rings. The average molecular weight is 619 g/mol. The predicted molar refractivity (Wildman–Crippen MR) is 154 cm³/mol. The van der Waals surface area contributed by atoms with E-state index in [1.165, 1.54) is 18.1 Å². The van der Waals surface area contributed by atoms with Crippen molar-refractivity contribution in [3.63, 3.8) is 0 Å². The van der Waals surface area contributed by atoms with Crippen molar-refractivity contribution in [2.24, 2.45) is 0 Å². The molecule has 228 valence electrons. The van der Waals surface area contributed by atoms with Gasteiger partial charge in [-0.05, 0) is 72.4 Å². The van der Waals surface area contributed by atoms with Crippen molar-refractivity contribution in [2.45, 2.75) is 63.0 Å². The summed E-state index contributed by atoms with van der Waals surface area (Å²) in [5, 5.41) is 16.0. The van der Waals surface area contributed by atoms with Crippen molar-refractivity contribution in [3.05, 3.63) is 64.3 Å². The van der Waals surface area contributed by atoms with Gasteiger partial charge in [0.1, 0.15) is 17.1 Å². The first-order chi connectivity index (χ1) is 20.3. The van der Waals surface area contributed by atoms with Crippen LogP contribution in [0.4, 0.5) is 36.3 Å². The molecule has 1 unspecified atom stereocenters. The maximum atomic E-state index is 14.1. The number of hydrogen-bond donors (Lipinski definition) is 4. The lowest BCUT2D eigenvalue weighted by Gasteiger charge is -2.34. The number of methoxy groups -OCH3 is 1. The molecule has 2 heterocycles. The molecule has 1 aliphatic heterocycles. The lowest BCUT2D eigenvalue weighted by Crippen LogP contribution is -2.29. The maximum absolute atomic E-state index is 14.1. The lowest BCUT2D eigenvalue weighted by atomic mass is 9.75. The van der Waals surface area contributed by atoms with Gasteiger partial charge in [0.25, 0.3) is 5.91 Å². The summed E-state index contributed by atoms with van der Waals surface area (Å²) in [6, 6.07) is 8.12. The van der Waals surface area contributed by atoms with E-state index in [0.29, 0.717) is 42.4 Å². The quantitative estimate of drug-likeness (QED) is 0.217. The van der Waals surface area contributed by atoms with Gasteiger partial charge in [-0.15, -0.1) is 0 Å². The van der Waals surface area contributed by atoms with Crippen LogP contribution in [0.1, 0.15) is 71.1 Å². The second kappa shape index (κ2) is 11.7. The number of nitrogens with zero attached hydrogens (tertiary/aromatic N) is 3. The first kappa shape index (κ1) is 30.7. The van der Waals surface area contributed by atoms with Crippen LogP contribution in [-0.2, 0) is 23.4 Å². The molecule has 1 atom stereocenters. The molecule has 5 rings (SSSR count). The topological polar surface area (TPSA) is 137 Å². The average Bonchev–Trinajstić information content (AvgIpc) is 3.23. The molecule has 0 radical (unpaired) electrons. The van der Waals surface area contributed by atoms with Crippen LogP contribution in [-0.4, -0.2) is 50.5 Å². The van der Waals surface area contributed by atoms with Crippen molar-refractivity contribution < 1.29 is 37.3 Å². The molecule has 2 aromatic carbocycles. The zero-order valence-corrected chi connectivity index (χ0v) is 24.7. The maximum Gasteiger partial charge on any atom is 0.510 e.